The Morgan fingerprint density at radius 3 is 2.17 bits per heavy atom. The van der Waals surface area contributed by atoms with Crippen LogP contribution >= 0.6 is 34.8 Å². The highest BCUT2D eigenvalue weighted by atomic mass is 35.5. The Kier molecular flexibility index (Phi) is 5.24. The van der Waals surface area contributed by atoms with Gasteiger partial charge < -0.3 is 5.11 Å². The summed E-state index contributed by atoms with van der Waals surface area (Å²) in [4.78, 5) is 9.98. The maximum Gasteiger partial charge on any atom is 0.304 e. The first-order chi connectivity index (χ1) is 8.24. The number of carboxylic acid groups (broad SMARTS) is 1. The summed E-state index contributed by atoms with van der Waals surface area (Å²) in [6.45, 7) is -0.257. The van der Waals surface area contributed by atoms with E-state index >= 15 is 0 Å². The second-order valence-electron chi connectivity index (χ2n) is 3.24. The van der Waals surface area contributed by atoms with Gasteiger partial charge in [0.1, 0.15) is 4.90 Å². The summed E-state index contributed by atoms with van der Waals surface area (Å²) in [7, 11) is -3.97. The Balaban J connectivity index is 3.02. The van der Waals surface area contributed by atoms with Crippen molar-refractivity contribution < 1.29 is 18.3 Å². The highest BCUT2D eigenvalue weighted by molar-refractivity contribution is 7.89. The van der Waals surface area contributed by atoms with Crippen LogP contribution in [0.4, 0.5) is 0 Å². The Morgan fingerprint density at radius 2 is 1.72 bits per heavy atom. The number of hydrogen-bond acceptors (Lipinski definition) is 3. The van der Waals surface area contributed by atoms with Gasteiger partial charge in [0.2, 0.25) is 10.0 Å². The summed E-state index contributed by atoms with van der Waals surface area (Å²) in [6, 6.07) is 2.47. The van der Waals surface area contributed by atoms with Gasteiger partial charge in [-0.1, -0.05) is 34.8 Å². The Labute approximate surface area is 119 Å². The predicted molar refractivity (Wildman–Crippen MR) is 68.9 cm³/mol. The molecule has 0 amide bonds. The first-order valence-electron chi connectivity index (χ1n) is 4.60. The molecule has 1 aromatic rings. The number of rotatable bonds is 5. The van der Waals surface area contributed by atoms with Crippen molar-refractivity contribution in [1.82, 2.24) is 4.72 Å². The predicted octanol–water partition coefficient (Wildman–Crippen LogP) is 2.40. The molecule has 18 heavy (non-hydrogen) atoms. The van der Waals surface area contributed by atoms with Crippen molar-refractivity contribution in [2.24, 2.45) is 0 Å². The number of carboxylic acids is 1. The Hall–Kier alpha value is -0.530. The van der Waals surface area contributed by atoms with Crippen molar-refractivity contribution >= 4 is 50.8 Å². The quantitative estimate of drug-likeness (QED) is 0.867. The summed E-state index contributed by atoms with van der Waals surface area (Å²) < 4.78 is 25.8. The van der Waals surface area contributed by atoms with Gasteiger partial charge in [0.05, 0.1) is 16.5 Å². The smallest absolute Gasteiger partial charge is 0.304 e. The minimum absolute atomic E-state index is 0.129. The van der Waals surface area contributed by atoms with Crippen LogP contribution in [0.15, 0.2) is 17.0 Å². The maximum absolute atomic E-state index is 11.9. The van der Waals surface area contributed by atoms with E-state index in [2.05, 4.69) is 4.72 Å². The number of halogens is 3. The molecule has 0 saturated heterocycles. The minimum Gasteiger partial charge on any atom is -0.481 e. The highest BCUT2D eigenvalue weighted by Crippen LogP contribution is 2.32. The molecule has 0 aliphatic heterocycles. The van der Waals surface area contributed by atoms with Gasteiger partial charge in [-0.3, -0.25) is 4.79 Å². The van der Waals surface area contributed by atoms with Crippen LogP contribution in [-0.2, 0) is 14.8 Å². The Bertz CT molecular complexity index is 550. The SMILES string of the molecule is O=C(O)CCNS(=O)(=O)c1c(Cl)cc(Cl)cc1Cl. The lowest BCUT2D eigenvalue weighted by Gasteiger charge is -2.09. The van der Waals surface area contributed by atoms with Crippen LogP contribution < -0.4 is 4.72 Å². The fourth-order valence-electron chi connectivity index (χ4n) is 1.15. The molecule has 0 saturated carbocycles. The molecule has 100 valence electrons. The second kappa shape index (κ2) is 6.08. The maximum atomic E-state index is 11.9. The van der Waals surface area contributed by atoms with E-state index in [0.29, 0.717) is 0 Å². The molecule has 0 aliphatic rings. The molecule has 1 aromatic carbocycles. The van der Waals surface area contributed by atoms with Crippen molar-refractivity contribution in [3.05, 3.63) is 27.2 Å². The van der Waals surface area contributed by atoms with Gasteiger partial charge in [-0.25, -0.2) is 13.1 Å². The first-order valence-corrected chi connectivity index (χ1v) is 7.22. The molecule has 5 nitrogen and oxygen atoms in total. The van der Waals surface area contributed by atoms with Gasteiger partial charge in [0.25, 0.3) is 0 Å². The van der Waals surface area contributed by atoms with Crippen molar-refractivity contribution in [3.63, 3.8) is 0 Å². The molecule has 1 rings (SSSR count). The topological polar surface area (TPSA) is 83.5 Å². The lowest BCUT2D eigenvalue weighted by atomic mass is 10.4. The van der Waals surface area contributed by atoms with Crippen LogP contribution in [0.5, 0.6) is 0 Å². The number of hydrogen-bond donors (Lipinski definition) is 2. The average Bonchev–Trinajstić information content (AvgIpc) is 2.13. The number of carbonyl (C=O) groups is 1. The van der Waals surface area contributed by atoms with Crippen LogP contribution in [0.3, 0.4) is 0 Å². The molecule has 0 bridgehead atoms. The molecule has 0 aromatic heterocycles. The number of benzene rings is 1. The zero-order valence-corrected chi connectivity index (χ0v) is 11.9. The zero-order valence-electron chi connectivity index (χ0n) is 8.78. The van der Waals surface area contributed by atoms with E-state index in [-0.39, 0.29) is 32.9 Å². The van der Waals surface area contributed by atoms with Crippen molar-refractivity contribution in [2.45, 2.75) is 11.3 Å². The minimum atomic E-state index is -3.97. The lowest BCUT2D eigenvalue weighted by molar-refractivity contribution is -0.136. The summed E-state index contributed by atoms with van der Waals surface area (Å²) in [5.74, 6) is -1.12. The van der Waals surface area contributed by atoms with E-state index in [9.17, 15) is 13.2 Å². The van der Waals surface area contributed by atoms with Gasteiger partial charge in [-0.05, 0) is 12.1 Å². The normalized spacial score (nSPS) is 11.5. The van der Waals surface area contributed by atoms with E-state index in [1.165, 1.54) is 12.1 Å². The fraction of sp³-hybridized carbons (Fsp3) is 0.222. The molecule has 0 spiro atoms. The number of sulfonamides is 1. The molecule has 0 unspecified atom stereocenters. The van der Waals surface area contributed by atoms with Crippen LogP contribution in [0.25, 0.3) is 0 Å². The standard InChI is InChI=1S/C9H8Cl3NO4S/c10-5-3-6(11)9(7(12)4-5)18(16,17)13-2-1-8(14)15/h3-4,13H,1-2H2,(H,14,15). The summed E-state index contributed by atoms with van der Waals surface area (Å²) >= 11 is 17.2. The van der Waals surface area contributed by atoms with E-state index < -0.39 is 16.0 Å². The first kappa shape index (κ1) is 15.5. The van der Waals surface area contributed by atoms with Crippen LogP contribution in [-0.4, -0.2) is 26.0 Å². The molecule has 0 atom stereocenters. The average molecular weight is 333 g/mol. The number of aliphatic carboxylic acids is 1. The third kappa shape index (κ3) is 4.00. The van der Waals surface area contributed by atoms with Gasteiger partial charge in [0, 0.05) is 11.6 Å². The van der Waals surface area contributed by atoms with Crippen LogP contribution in [0.2, 0.25) is 15.1 Å². The second-order valence-corrected chi connectivity index (χ2v) is 6.19. The molecule has 0 aliphatic carbocycles. The van der Waals surface area contributed by atoms with Gasteiger partial charge in [-0.15, -0.1) is 0 Å². The van der Waals surface area contributed by atoms with Crippen molar-refractivity contribution in [1.29, 1.82) is 0 Å². The van der Waals surface area contributed by atoms with Crippen molar-refractivity contribution in [2.75, 3.05) is 6.54 Å². The lowest BCUT2D eigenvalue weighted by Crippen LogP contribution is -2.26. The van der Waals surface area contributed by atoms with Crippen molar-refractivity contribution in [3.8, 4) is 0 Å². The largest absolute Gasteiger partial charge is 0.481 e. The highest BCUT2D eigenvalue weighted by Gasteiger charge is 2.22. The fourth-order valence-corrected chi connectivity index (χ4v) is 3.72. The molecule has 9 heteroatoms. The molecular weight excluding hydrogens is 325 g/mol. The molecule has 0 radical (unpaired) electrons. The summed E-state index contributed by atoms with van der Waals surface area (Å²) in [6.07, 6.45) is -0.345. The molecule has 2 N–H and O–H groups in total. The van der Waals surface area contributed by atoms with Gasteiger partial charge >= 0.3 is 5.97 Å². The number of nitrogens with one attached hydrogen (secondary N) is 1. The van der Waals surface area contributed by atoms with E-state index in [4.69, 9.17) is 39.9 Å². The third-order valence-corrected chi connectivity index (χ3v) is 4.46. The van der Waals surface area contributed by atoms with Crippen LogP contribution in [0.1, 0.15) is 6.42 Å². The zero-order chi connectivity index (χ0) is 13.9. The van der Waals surface area contributed by atoms with E-state index in [1.807, 2.05) is 0 Å². The summed E-state index contributed by atoms with van der Waals surface area (Å²) in [5.41, 5.74) is 0. The third-order valence-electron chi connectivity index (χ3n) is 1.86. The van der Waals surface area contributed by atoms with Gasteiger partial charge in [0.15, 0.2) is 0 Å². The Morgan fingerprint density at radius 1 is 1.22 bits per heavy atom. The monoisotopic (exact) mass is 331 g/mol. The van der Waals surface area contributed by atoms with E-state index in [0.717, 1.165) is 0 Å². The molecule has 0 fully saturated rings. The molecule has 0 heterocycles. The summed E-state index contributed by atoms with van der Waals surface area (Å²) in [5, 5.41) is 8.37. The van der Waals surface area contributed by atoms with E-state index in [1.54, 1.807) is 0 Å². The molecular formula is C9H8Cl3NO4S. The van der Waals surface area contributed by atoms with Gasteiger partial charge in [-0.2, -0.15) is 0 Å². The van der Waals surface area contributed by atoms with Crippen LogP contribution in [0, 0.1) is 0 Å².